The van der Waals surface area contributed by atoms with E-state index in [9.17, 15) is 27.9 Å². The van der Waals surface area contributed by atoms with Crippen molar-refractivity contribution < 1.29 is 37.0 Å². The van der Waals surface area contributed by atoms with Gasteiger partial charge in [0, 0.05) is 31.0 Å². The largest absolute Gasteiger partial charge is 0.494 e. The van der Waals surface area contributed by atoms with Gasteiger partial charge < -0.3 is 34.5 Å². The topological polar surface area (TPSA) is 144 Å². The van der Waals surface area contributed by atoms with Crippen LogP contribution in [0.4, 0.5) is 36.4 Å². The molecule has 0 aliphatic heterocycles. The Hall–Kier alpha value is -3.71. The standard InChI is InChI=1S/C30H36F3N6O5P/c1-4-43-45(42,44-5-2)17-18-6-13-25(34-14-18)37-29-35-15-23(30(31,32)33)27(38-29)36-24-12-11-21(19-7-9-20(40)10-8-19)22-16-39(3)28(41)26(22)24/h6,11-16,19-20,40-41H,4-5,7-10,17H2,1-3H3,(H2,34,35,36,37,38). The molecule has 0 atom stereocenters. The molecule has 3 heterocycles. The highest BCUT2D eigenvalue weighted by Gasteiger charge is 2.36. The fourth-order valence-corrected chi connectivity index (χ4v) is 7.30. The molecule has 242 valence electrons. The Balaban J connectivity index is 1.43. The van der Waals surface area contributed by atoms with Gasteiger partial charge in [-0.15, -0.1) is 0 Å². The third-order valence-corrected chi connectivity index (χ3v) is 9.79. The zero-order valence-electron chi connectivity index (χ0n) is 25.1. The fraction of sp³-hybridized carbons (Fsp3) is 0.433. The van der Waals surface area contributed by atoms with Gasteiger partial charge in [0.15, 0.2) is 0 Å². The van der Waals surface area contributed by atoms with Crippen LogP contribution < -0.4 is 10.6 Å². The highest BCUT2D eigenvalue weighted by molar-refractivity contribution is 7.53. The minimum atomic E-state index is -4.77. The Labute approximate surface area is 258 Å². The van der Waals surface area contributed by atoms with Gasteiger partial charge in [-0.3, -0.25) is 4.57 Å². The van der Waals surface area contributed by atoms with Crippen molar-refractivity contribution in [1.82, 2.24) is 19.5 Å². The normalized spacial score (nSPS) is 17.5. The maximum atomic E-state index is 14.1. The molecule has 0 unspecified atom stereocenters. The van der Waals surface area contributed by atoms with E-state index in [1.54, 1.807) is 45.3 Å². The van der Waals surface area contributed by atoms with Crippen LogP contribution in [0.3, 0.4) is 0 Å². The summed E-state index contributed by atoms with van der Waals surface area (Å²) in [5.74, 6) is -0.364. The van der Waals surface area contributed by atoms with Crippen molar-refractivity contribution in [3.8, 4) is 5.88 Å². The van der Waals surface area contributed by atoms with E-state index in [1.165, 1.54) is 10.8 Å². The average Bonchev–Trinajstić information content (AvgIpc) is 3.28. The van der Waals surface area contributed by atoms with E-state index in [2.05, 4.69) is 25.6 Å². The van der Waals surface area contributed by atoms with Crippen molar-refractivity contribution in [3.63, 3.8) is 0 Å². The van der Waals surface area contributed by atoms with Crippen molar-refractivity contribution in [1.29, 1.82) is 0 Å². The lowest BCUT2D eigenvalue weighted by molar-refractivity contribution is -0.137. The number of halogens is 3. The zero-order chi connectivity index (χ0) is 32.4. The quantitative estimate of drug-likeness (QED) is 0.122. The number of anilines is 4. The molecule has 1 fully saturated rings. The van der Waals surface area contributed by atoms with Crippen LogP contribution in [0.5, 0.6) is 5.88 Å². The lowest BCUT2D eigenvalue weighted by Gasteiger charge is -2.26. The SMILES string of the molecule is CCOP(=O)(Cc1ccc(Nc2ncc(C(F)(F)F)c(Nc3ccc(C4CCC(O)CC4)c4cn(C)c(O)c34)n2)nc1)OCC. The number of aliphatic hydroxyl groups is 1. The lowest BCUT2D eigenvalue weighted by atomic mass is 9.81. The van der Waals surface area contributed by atoms with Gasteiger partial charge in [0.05, 0.1) is 36.6 Å². The van der Waals surface area contributed by atoms with Crippen LogP contribution in [0.25, 0.3) is 10.8 Å². The predicted octanol–water partition coefficient (Wildman–Crippen LogP) is 7.36. The van der Waals surface area contributed by atoms with Crippen LogP contribution in [0, 0.1) is 0 Å². The number of hydrogen-bond donors (Lipinski definition) is 4. The number of aromatic hydroxyl groups is 1. The molecule has 5 rings (SSSR count). The third kappa shape index (κ3) is 7.41. The molecule has 1 aromatic carbocycles. The number of nitrogens with zero attached hydrogens (tertiary/aromatic N) is 4. The van der Waals surface area contributed by atoms with Crippen LogP contribution in [-0.4, -0.2) is 49.0 Å². The van der Waals surface area contributed by atoms with Gasteiger partial charge >= 0.3 is 13.8 Å². The van der Waals surface area contributed by atoms with E-state index in [4.69, 9.17) is 9.05 Å². The molecule has 0 radical (unpaired) electrons. The summed E-state index contributed by atoms with van der Waals surface area (Å²) in [5, 5.41) is 27.6. The summed E-state index contributed by atoms with van der Waals surface area (Å²) in [6.07, 6.45) is 1.66. The highest BCUT2D eigenvalue weighted by Crippen LogP contribution is 2.51. The number of hydrogen-bond acceptors (Lipinski definition) is 10. The highest BCUT2D eigenvalue weighted by atomic mass is 31.2. The molecular weight excluding hydrogens is 612 g/mol. The van der Waals surface area contributed by atoms with E-state index in [-0.39, 0.29) is 54.7 Å². The molecule has 1 saturated carbocycles. The van der Waals surface area contributed by atoms with Crippen molar-refractivity contribution >= 4 is 41.6 Å². The van der Waals surface area contributed by atoms with Crippen LogP contribution in [0.2, 0.25) is 0 Å². The molecule has 0 amide bonds. The van der Waals surface area contributed by atoms with Crippen LogP contribution in [0.1, 0.15) is 62.1 Å². The average molecular weight is 649 g/mol. The first-order valence-electron chi connectivity index (χ1n) is 14.7. The summed E-state index contributed by atoms with van der Waals surface area (Å²) in [4.78, 5) is 12.2. The fourth-order valence-electron chi connectivity index (χ4n) is 5.62. The van der Waals surface area contributed by atoms with Crippen molar-refractivity contribution in [3.05, 3.63) is 59.5 Å². The van der Waals surface area contributed by atoms with Gasteiger partial charge in [-0.1, -0.05) is 12.1 Å². The molecule has 45 heavy (non-hydrogen) atoms. The number of benzene rings is 1. The summed E-state index contributed by atoms with van der Waals surface area (Å²) in [6.45, 7) is 3.87. The minimum absolute atomic E-state index is 0.00903. The molecule has 0 saturated heterocycles. The Bertz CT molecular complexity index is 1680. The van der Waals surface area contributed by atoms with E-state index in [0.717, 1.165) is 18.4 Å². The van der Waals surface area contributed by atoms with Gasteiger partial charge in [-0.2, -0.15) is 18.2 Å². The van der Waals surface area contributed by atoms with E-state index in [0.29, 0.717) is 35.4 Å². The number of alkyl halides is 3. The molecule has 4 N–H and O–H groups in total. The maximum Gasteiger partial charge on any atom is 0.421 e. The van der Waals surface area contributed by atoms with E-state index < -0.39 is 25.2 Å². The van der Waals surface area contributed by atoms with Gasteiger partial charge in [0.25, 0.3) is 0 Å². The number of aromatic nitrogens is 4. The van der Waals surface area contributed by atoms with Crippen LogP contribution in [-0.2, 0) is 33.0 Å². The first kappa shape index (κ1) is 32.7. The van der Waals surface area contributed by atoms with Gasteiger partial charge in [0.1, 0.15) is 17.2 Å². The first-order chi connectivity index (χ1) is 21.4. The lowest BCUT2D eigenvalue weighted by Crippen LogP contribution is -2.17. The summed E-state index contributed by atoms with van der Waals surface area (Å²) in [7, 11) is -1.69. The monoisotopic (exact) mass is 648 g/mol. The number of aryl methyl sites for hydroxylation is 1. The molecule has 15 heteroatoms. The van der Waals surface area contributed by atoms with Crippen molar-refractivity contribution in [2.45, 2.75) is 63.9 Å². The van der Waals surface area contributed by atoms with Crippen LogP contribution in [0.15, 0.2) is 42.9 Å². The van der Waals surface area contributed by atoms with Crippen molar-refractivity contribution in [2.24, 2.45) is 7.05 Å². The summed E-state index contributed by atoms with van der Waals surface area (Å²) < 4.78 is 67.2. The van der Waals surface area contributed by atoms with Crippen LogP contribution >= 0.6 is 7.60 Å². The second-order valence-electron chi connectivity index (χ2n) is 10.9. The Morgan fingerprint density at radius 1 is 1.02 bits per heavy atom. The number of fused-ring (bicyclic) bond motifs is 1. The summed E-state index contributed by atoms with van der Waals surface area (Å²) in [6, 6.07) is 6.69. The second kappa shape index (κ2) is 13.3. The number of aliphatic hydroxyl groups excluding tert-OH is 1. The second-order valence-corrected chi connectivity index (χ2v) is 13.0. The molecule has 0 bridgehead atoms. The van der Waals surface area contributed by atoms with Gasteiger partial charge in [0.2, 0.25) is 11.8 Å². The minimum Gasteiger partial charge on any atom is -0.494 e. The predicted molar refractivity (Wildman–Crippen MR) is 164 cm³/mol. The molecule has 3 aromatic heterocycles. The van der Waals surface area contributed by atoms with Gasteiger partial charge in [-0.05, 0) is 68.7 Å². The van der Waals surface area contributed by atoms with Crippen molar-refractivity contribution in [2.75, 3.05) is 23.8 Å². The Kier molecular flexibility index (Phi) is 9.68. The van der Waals surface area contributed by atoms with Gasteiger partial charge in [-0.25, -0.2) is 9.97 Å². The molecule has 1 aliphatic rings. The summed E-state index contributed by atoms with van der Waals surface area (Å²) >= 11 is 0. The molecule has 11 nitrogen and oxygen atoms in total. The number of pyridine rings is 1. The first-order valence-corrected chi connectivity index (χ1v) is 16.4. The summed E-state index contributed by atoms with van der Waals surface area (Å²) in [5.41, 5.74) is 0.704. The Morgan fingerprint density at radius 2 is 1.73 bits per heavy atom. The third-order valence-electron chi connectivity index (χ3n) is 7.74. The smallest absolute Gasteiger partial charge is 0.421 e. The number of rotatable bonds is 11. The zero-order valence-corrected chi connectivity index (χ0v) is 26.0. The van der Waals surface area contributed by atoms with E-state index in [1.807, 2.05) is 6.07 Å². The molecule has 0 spiro atoms. The number of nitrogens with one attached hydrogen (secondary N) is 2. The molecule has 4 aromatic rings. The molecule has 1 aliphatic carbocycles. The van der Waals surface area contributed by atoms with E-state index >= 15 is 0 Å². The Morgan fingerprint density at radius 3 is 2.36 bits per heavy atom. The molecular formula is C30H36F3N6O5P. The maximum absolute atomic E-state index is 14.1.